The molecule has 5 heteroatoms. The Bertz CT molecular complexity index is 532. The first kappa shape index (κ1) is 11.3. The van der Waals surface area contributed by atoms with Crippen LogP contribution in [0.15, 0.2) is 30.6 Å². The maximum absolute atomic E-state index is 11.1. The van der Waals surface area contributed by atoms with E-state index < -0.39 is 11.4 Å². The van der Waals surface area contributed by atoms with Crippen LogP contribution in [0.5, 0.6) is 0 Å². The van der Waals surface area contributed by atoms with Crippen LogP contribution in [0.25, 0.3) is 11.4 Å². The van der Waals surface area contributed by atoms with Gasteiger partial charge < -0.3 is 10.1 Å². The molecule has 0 bridgehead atoms. The Balaban J connectivity index is 2.46. The second-order valence-electron chi connectivity index (χ2n) is 4.28. The van der Waals surface area contributed by atoms with Crippen molar-refractivity contribution in [1.29, 1.82) is 0 Å². The Labute approximate surface area is 98.6 Å². The quantitative estimate of drug-likeness (QED) is 0.844. The highest BCUT2D eigenvalue weighted by Gasteiger charge is 2.32. The Hall–Kier alpha value is -2.17. The lowest BCUT2D eigenvalue weighted by atomic mass is 9.92. The van der Waals surface area contributed by atoms with E-state index in [1.54, 1.807) is 32.3 Å². The predicted octanol–water partition coefficient (Wildman–Crippen LogP) is 1.83. The lowest BCUT2D eigenvalue weighted by Gasteiger charge is -2.17. The highest BCUT2D eigenvalue weighted by molar-refractivity contribution is 5.79. The number of aliphatic carboxylic acids is 1. The van der Waals surface area contributed by atoms with Crippen molar-refractivity contribution in [3.63, 3.8) is 0 Å². The molecule has 0 spiro atoms. The smallest absolute Gasteiger partial charge is 0.316 e. The molecule has 0 aliphatic heterocycles. The molecule has 2 aromatic rings. The van der Waals surface area contributed by atoms with Crippen LogP contribution in [0.4, 0.5) is 0 Å². The third-order valence-corrected chi connectivity index (χ3v) is 2.62. The number of aromatic nitrogens is 3. The van der Waals surface area contributed by atoms with E-state index in [1.807, 2.05) is 12.1 Å². The number of rotatable bonds is 3. The van der Waals surface area contributed by atoms with Crippen LogP contribution in [-0.2, 0) is 10.2 Å². The summed E-state index contributed by atoms with van der Waals surface area (Å²) in [6.07, 6.45) is 3.36. The number of hydrogen-bond acceptors (Lipinski definition) is 3. The maximum atomic E-state index is 11.1. The molecule has 0 atom stereocenters. The van der Waals surface area contributed by atoms with Crippen LogP contribution >= 0.6 is 0 Å². The SMILES string of the molecule is CC(C)(C(=O)O)c1nccc(-c2ccc[nH]2)n1. The van der Waals surface area contributed by atoms with Gasteiger partial charge in [-0.2, -0.15) is 0 Å². The molecule has 2 rings (SSSR count). The summed E-state index contributed by atoms with van der Waals surface area (Å²) < 4.78 is 0. The number of carbonyl (C=O) groups is 1. The van der Waals surface area contributed by atoms with Gasteiger partial charge in [-0.05, 0) is 32.0 Å². The predicted molar refractivity (Wildman–Crippen MR) is 62.5 cm³/mol. The van der Waals surface area contributed by atoms with Gasteiger partial charge in [0, 0.05) is 12.4 Å². The van der Waals surface area contributed by atoms with Crippen LogP contribution in [-0.4, -0.2) is 26.0 Å². The van der Waals surface area contributed by atoms with Crippen molar-refractivity contribution in [1.82, 2.24) is 15.0 Å². The van der Waals surface area contributed by atoms with Gasteiger partial charge in [0.2, 0.25) is 0 Å². The molecular weight excluding hydrogens is 218 g/mol. The van der Waals surface area contributed by atoms with Crippen LogP contribution in [0.2, 0.25) is 0 Å². The van der Waals surface area contributed by atoms with Gasteiger partial charge >= 0.3 is 5.97 Å². The largest absolute Gasteiger partial charge is 0.481 e. The average Bonchev–Trinajstić information content (AvgIpc) is 2.82. The minimum Gasteiger partial charge on any atom is -0.481 e. The summed E-state index contributed by atoms with van der Waals surface area (Å²) in [6, 6.07) is 5.48. The van der Waals surface area contributed by atoms with E-state index in [4.69, 9.17) is 5.11 Å². The fraction of sp³-hybridized carbons (Fsp3) is 0.250. The molecule has 2 N–H and O–H groups in total. The van der Waals surface area contributed by atoms with E-state index in [2.05, 4.69) is 15.0 Å². The standard InChI is InChI=1S/C12H13N3O2/c1-12(2,11(16)17)10-14-7-5-9(15-10)8-4-3-6-13-8/h3-7,13H,1-2H3,(H,16,17). The Kier molecular flexibility index (Phi) is 2.67. The van der Waals surface area contributed by atoms with Crippen molar-refractivity contribution in [2.45, 2.75) is 19.3 Å². The molecule has 0 saturated carbocycles. The lowest BCUT2D eigenvalue weighted by molar-refractivity contribution is -0.142. The van der Waals surface area contributed by atoms with E-state index >= 15 is 0 Å². The van der Waals surface area contributed by atoms with Gasteiger partial charge in [0.1, 0.15) is 11.2 Å². The van der Waals surface area contributed by atoms with Crippen molar-refractivity contribution in [3.8, 4) is 11.4 Å². The third kappa shape index (κ3) is 2.04. The fourth-order valence-electron chi connectivity index (χ4n) is 1.40. The van der Waals surface area contributed by atoms with Crippen molar-refractivity contribution in [3.05, 3.63) is 36.4 Å². The molecule has 0 aliphatic rings. The van der Waals surface area contributed by atoms with E-state index in [-0.39, 0.29) is 0 Å². The second kappa shape index (κ2) is 4.01. The van der Waals surface area contributed by atoms with Gasteiger partial charge in [-0.15, -0.1) is 0 Å². The van der Waals surface area contributed by atoms with E-state index in [0.717, 1.165) is 5.69 Å². The van der Waals surface area contributed by atoms with Gasteiger partial charge in [-0.1, -0.05) is 0 Å². The lowest BCUT2D eigenvalue weighted by Crippen LogP contribution is -2.30. The van der Waals surface area contributed by atoms with E-state index in [0.29, 0.717) is 11.5 Å². The number of carboxylic acid groups (broad SMARTS) is 1. The first-order valence-corrected chi connectivity index (χ1v) is 5.22. The maximum Gasteiger partial charge on any atom is 0.316 e. The fourth-order valence-corrected chi connectivity index (χ4v) is 1.40. The van der Waals surface area contributed by atoms with Crippen molar-refractivity contribution >= 4 is 5.97 Å². The molecule has 0 radical (unpaired) electrons. The van der Waals surface area contributed by atoms with E-state index in [1.165, 1.54) is 0 Å². The number of aromatic amines is 1. The van der Waals surface area contributed by atoms with Crippen LogP contribution in [0.3, 0.4) is 0 Å². The molecule has 0 unspecified atom stereocenters. The third-order valence-electron chi connectivity index (χ3n) is 2.62. The molecule has 0 amide bonds. The van der Waals surface area contributed by atoms with Crippen LogP contribution < -0.4 is 0 Å². The van der Waals surface area contributed by atoms with Gasteiger partial charge in [0.25, 0.3) is 0 Å². The zero-order valence-corrected chi connectivity index (χ0v) is 9.64. The van der Waals surface area contributed by atoms with Gasteiger partial charge in [-0.25, -0.2) is 9.97 Å². The monoisotopic (exact) mass is 231 g/mol. The summed E-state index contributed by atoms with van der Waals surface area (Å²) in [5, 5.41) is 9.13. The number of hydrogen-bond donors (Lipinski definition) is 2. The highest BCUT2D eigenvalue weighted by Crippen LogP contribution is 2.22. The molecule has 17 heavy (non-hydrogen) atoms. The first-order chi connectivity index (χ1) is 8.01. The minimum atomic E-state index is -1.09. The van der Waals surface area contributed by atoms with Gasteiger partial charge in [-0.3, -0.25) is 4.79 Å². The summed E-state index contributed by atoms with van der Waals surface area (Å²) in [6.45, 7) is 3.17. The highest BCUT2D eigenvalue weighted by atomic mass is 16.4. The zero-order chi connectivity index (χ0) is 12.5. The summed E-state index contributed by atoms with van der Waals surface area (Å²) in [5.74, 6) is -0.641. The molecule has 0 aromatic carbocycles. The topological polar surface area (TPSA) is 78.9 Å². The van der Waals surface area contributed by atoms with Crippen LogP contribution in [0, 0.1) is 0 Å². The minimum absolute atomic E-state index is 0.303. The Morgan fingerprint density at radius 3 is 2.76 bits per heavy atom. The van der Waals surface area contributed by atoms with Gasteiger partial charge in [0.15, 0.2) is 0 Å². The van der Waals surface area contributed by atoms with Crippen molar-refractivity contribution in [2.24, 2.45) is 0 Å². The average molecular weight is 231 g/mol. The van der Waals surface area contributed by atoms with Crippen LogP contribution in [0.1, 0.15) is 19.7 Å². The van der Waals surface area contributed by atoms with Crippen molar-refractivity contribution < 1.29 is 9.90 Å². The molecule has 88 valence electrons. The Morgan fingerprint density at radius 1 is 1.41 bits per heavy atom. The molecular formula is C12H13N3O2. The van der Waals surface area contributed by atoms with Crippen molar-refractivity contribution in [2.75, 3.05) is 0 Å². The number of nitrogens with zero attached hydrogens (tertiary/aromatic N) is 2. The summed E-state index contributed by atoms with van der Waals surface area (Å²) in [4.78, 5) is 22.5. The molecule has 0 fully saturated rings. The molecule has 2 aromatic heterocycles. The second-order valence-corrected chi connectivity index (χ2v) is 4.28. The summed E-state index contributed by atoms with van der Waals surface area (Å²) in [7, 11) is 0. The summed E-state index contributed by atoms with van der Waals surface area (Å²) in [5.41, 5.74) is 0.437. The van der Waals surface area contributed by atoms with Gasteiger partial charge in [0.05, 0.1) is 11.4 Å². The normalized spacial score (nSPS) is 11.4. The Morgan fingerprint density at radius 2 is 2.18 bits per heavy atom. The molecule has 5 nitrogen and oxygen atoms in total. The summed E-state index contributed by atoms with van der Waals surface area (Å²) >= 11 is 0. The molecule has 0 saturated heterocycles. The number of carboxylic acids is 1. The number of H-pyrrole nitrogens is 1. The molecule has 2 heterocycles. The van der Waals surface area contributed by atoms with E-state index in [9.17, 15) is 4.79 Å². The first-order valence-electron chi connectivity index (χ1n) is 5.22. The molecule has 0 aliphatic carbocycles. The number of nitrogens with one attached hydrogen (secondary N) is 1. The zero-order valence-electron chi connectivity index (χ0n) is 9.64.